The molecule has 0 unspecified atom stereocenters. The predicted octanol–water partition coefficient (Wildman–Crippen LogP) is 3.34. The largest absolute Gasteiger partial charge is 0.336 e. The van der Waals surface area contributed by atoms with Crippen molar-refractivity contribution in [3.05, 3.63) is 35.6 Å². The summed E-state index contributed by atoms with van der Waals surface area (Å²) in [4.78, 5) is 14.7. The van der Waals surface area contributed by atoms with Crippen molar-refractivity contribution in [2.45, 2.75) is 51.0 Å². The molecule has 1 aliphatic carbocycles. The number of carbonyl (C=O) groups is 1. The molecular formula is C17H25FN2O. The monoisotopic (exact) mass is 292 g/mol. The van der Waals surface area contributed by atoms with Crippen LogP contribution in [0.4, 0.5) is 4.39 Å². The van der Waals surface area contributed by atoms with Gasteiger partial charge in [0, 0.05) is 18.2 Å². The van der Waals surface area contributed by atoms with E-state index in [1.54, 1.807) is 12.1 Å². The number of halogens is 1. The zero-order valence-corrected chi connectivity index (χ0v) is 12.6. The summed E-state index contributed by atoms with van der Waals surface area (Å²) in [6.45, 7) is 1.28. The van der Waals surface area contributed by atoms with Gasteiger partial charge >= 0.3 is 0 Å². The van der Waals surface area contributed by atoms with E-state index in [0.29, 0.717) is 24.7 Å². The normalized spacial score (nSPS) is 16.5. The Morgan fingerprint density at radius 3 is 2.33 bits per heavy atom. The Bertz CT molecular complexity index is 439. The van der Waals surface area contributed by atoms with Crippen molar-refractivity contribution in [1.29, 1.82) is 0 Å². The molecule has 0 spiro atoms. The van der Waals surface area contributed by atoms with Gasteiger partial charge in [-0.1, -0.05) is 25.7 Å². The molecular weight excluding hydrogens is 267 g/mol. The van der Waals surface area contributed by atoms with Gasteiger partial charge in [-0.3, -0.25) is 4.79 Å². The third kappa shape index (κ3) is 4.53. The zero-order valence-electron chi connectivity index (χ0n) is 12.6. The molecule has 0 aliphatic heterocycles. The van der Waals surface area contributed by atoms with Crippen molar-refractivity contribution < 1.29 is 9.18 Å². The fourth-order valence-corrected chi connectivity index (χ4v) is 3.04. The highest BCUT2D eigenvalue weighted by molar-refractivity contribution is 5.94. The van der Waals surface area contributed by atoms with Gasteiger partial charge in [0.25, 0.3) is 5.91 Å². The van der Waals surface area contributed by atoms with E-state index in [1.165, 1.54) is 37.8 Å². The lowest BCUT2D eigenvalue weighted by Crippen LogP contribution is -2.41. The van der Waals surface area contributed by atoms with E-state index in [4.69, 9.17) is 5.73 Å². The summed E-state index contributed by atoms with van der Waals surface area (Å²) in [5, 5.41) is 0. The summed E-state index contributed by atoms with van der Waals surface area (Å²) in [6, 6.07) is 6.15. The minimum atomic E-state index is -0.311. The highest BCUT2D eigenvalue weighted by Gasteiger charge is 2.25. The van der Waals surface area contributed by atoms with Gasteiger partial charge in [0.15, 0.2) is 0 Å². The Morgan fingerprint density at radius 1 is 1.14 bits per heavy atom. The number of rotatable bonds is 5. The molecule has 1 aliphatic rings. The fraction of sp³-hybridized carbons (Fsp3) is 0.588. The van der Waals surface area contributed by atoms with Gasteiger partial charge in [0.1, 0.15) is 5.82 Å². The average Bonchev–Trinajstić information content (AvgIpc) is 2.77. The second-order valence-corrected chi connectivity index (χ2v) is 5.79. The minimum absolute atomic E-state index is 0.00958. The highest BCUT2D eigenvalue weighted by Crippen LogP contribution is 2.23. The second kappa shape index (κ2) is 8.13. The zero-order chi connectivity index (χ0) is 15.1. The van der Waals surface area contributed by atoms with Crippen LogP contribution in [0.25, 0.3) is 0 Å². The molecule has 1 aromatic rings. The SMILES string of the molecule is NCCCN(C(=O)c1ccc(F)cc1)C1CCCCCC1. The summed E-state index contributed by atoms with van der Waals surface area (Å²) >= 11 is 0. The van der Waals surface area contributed by atoms with E-state index in [9.17, 15) is 9.18 Å². The number of hydrogen-bond donors (Lipinski definition) is 1. The maximum absolute atomic E-state index is 13.0. The first-order valence-electron chi connectivity index (χ1n) is 7.99. The first kappa shape index (κ1) is 16.0. The molecule has 0 aromatic heterocycles. The molecule has 0 saturated heterocycles. The maximum Gasteiger partial charge on any atom is 0.254 e. The summed E-state index contributed by atoms with van der Waals surface area (Å²) in [5.74, 6) is -0.301. The van der Waals surface area contributed by atoms with Gasteiger partial charge < -0.3 is 10.6 Å². The lowest BCUT2D eigenvalue weighted by atomic mass is 10.0. The van der Waals surface area contributed by atoms with Gasteiger partial charge in [0.2, 0.25) is 0 Å². The number of benzene rings is 1. The lowest BCUT2D eigenvalue weighted by molar-refractivity contribution is 0.0659. The molecule has 1 fully saturated rings. The van der Waals surface area contributed by atoms with Crippen LogP contribution < -0.4 is 5.73 Å². The Balaban J connectivity index is 2.13. The van der Waals surface area contributed by atoms with Crippen LogP contribution >= 0.6 is 0 Å². The number of amides is 1. The van der Waals surface area contributed by atoms with Crippen LogP contribution in [-0.4, -0.2) is 29.9 Å². The van der Waals surface area contributed by atoms with Crippen LogP contribution in [0.5, 0.6) is 0 Å². The Hall–Kier alpha value is -1.42. The van der Waals surface area contributed by atoms with Gasteiger partial charge in [-0.15, -0.1) is 0 Å². The Kier molecular flexibility index (Phi) is 6.18. The average molecular weight is 292 g/mol. The number of hydrogen-bond acceptors (Lipinski definition) is 2. The first-order valence-corrected chi connectivity index (χ1v) is 7.99. The molecule has 0 heterocycles. The molecule has 1 amide bonds. The summed E-state index contributed by atoms with van der Waals surface area (Å²) < 4.78 is 13.0. The Morgan fingerprint density at radius 2 is 1.76 bits per heavy atom. The summed E-state index contributed by atoms with van der Waals surface area (Å²) in [5.41, 5.74) is 6.18. The second-order valence-electron chi connectivity index (χ2n) is 5.79. The van der Waals surface area contributed by atoms with Gasteiger partial charge in [0.05, 0.1) is 0 Å². The van der Waals surface area contributed by atoms with Crippen LogP contribution in [-0.2, 0) is 0 Å². The van der Waals surface area contributed by atoms with Crippen molar-refractivity contribution in [3.63, 3.8) is 0 Å². The van der Waals surface area contributed by atoms with Gasteiger partial charge in [-0.05, 0) is 50.1 Å². The van der Waals surface area contributed by atoms with Crippen LogP contribution in [0, 0.1) is 5.82 Å². The van der Waals surface area contributed by atoms with Crippen LogP contribution in [0.1, 0.15) is 55.3 Å². The molecule has 1 aromatic carbocycles. The van der Waals surface area contributed by atoms with Gasteiger partial charge in [-0.25, -0.2) is 4.39 Å². The standard InChI is InChI=1S/C17H25FN2O/c18-15-10-8-14(9-11-15)17(21)20(13-5-12-19)16-6-3-1-2-4-7-16/h8-11,16H,1-7,12-13,19H2. The van der Waals surface area contributed by atoms with Crippen molar-refractivity contribution >= 4 is 5.91 Å². The first-order chi connectivity index (χ1) is 10.2. The summed E-state index contributed by atoms with van der Waals surface area (Å²) in [6.07, 6.45) is 7.82. The van der Waals surface area contributed by atoms with Crippen molar-refractivity contribution in [2.75, 3.05) is 13.1 Å². The number of carbonyl (C=O) groups excluding carboxylic acids is 1. The molecule has 2 rings (SSSR count). The maximum atomic E-state index is 13.0. The third-order valence-corrected chi connectivity index (χ3v) is 4.22. The van der Waals surface area contributed by atoms with Crippen LogP contribution in [0.2, 0.25) is 0 Å². The van der Waals surface area contributed by atoms with Crippen LogP contribution in [0.3, 0.4) is 0 Å². The third-order valence-electron chi connectivity index (χ3n) is 4.22. The van der Waals surface area contributed by atoms with E-state index in [-0.39, 0.29) is 11.7 Å². The molecule has 0 radical (unpaired) electrons. The van der Waals surface area contributed by atoms with E-state index in [0.717, 1.165) is 19.3 Å². The molecule has 1 saturated carbocycles. The van der Waals surface area contributed by atoms with Gasteiger partial charge in [-0.2, -0.15) is 0 Å². The molecule has 116 valence electrons. The molecule has 2 N–H and O–H groups in total. The van der Waals surface area contributed by atoms with Crippen molar-refractivity contribution in [3.8, 4) is 0 Å². The minimum Gasteiger partial charge on any atom is -0.336 e. The smallest absolute Gasteiger partial charge is 0.254 e. The van der Waals surface area contributed by atoms with E-state index >= 15 is 0 Å². The fourth-order valence-electron chi connectivity index (χ4n) is 3.04. The molecule has 0 bridgehead atoms. The highest BCUT2D eigenvalue weighted by atomic mass is 19.1. The van der Waals surface area contributed by atoms with E-state index in [2.05, 4.69) is 0 Å². The predicted molar refractivity (Wildman–Crippen MR) is 82.6 cm³/mol. The molecule has 4 heteroatoms. The molecule has 21 heavy (non-hydrogen) atoms. The van der Waals surface area contributed by atoms with E-state index in [1.807, 2.05) is 4.90 Å². The lowest BCUT2D eigenvalue weighted by Gasteiger charge is -2.31. The van der Waals surface area contributed by atoms with Crippen molar-refractivity contribution in [1.82, 2.24) is 4.90 Å². The van der Waals surface area contributed by atoms with Crippen LogP contribution in [0.15, 0.2) is 24.3 Å². The molecule has 0 atom stereocenters. The Labute approximate surface area is 126 Å². The van der Waals surface area contributed by atoms with E-state index < -0.39 is 0 Å². The summed E-state index contributed by atoms with van der Waals surface area (Å²) in [7, 11) is 0. The molecule has 3 nitrogen and oxygen atoms in total. The number of nitrogens with two attached hydrogens (primary N) is 1. The quantitative estimate of drug-likeness (QED) is 0.846. The topological polar surface area (TPSA) is 46.3 Å². The van der Waals surface area contributed by atoms with Crippen molar-refractivity contribution in [2.24, 2.45) is 5.73 Å². The number of nitrogens with zero attached hydrogens (tertiary/aromatic N) is 1.